The minimum Gasteiger partial charge on any atom is -0.335 e. The Bertz CT molecular complexity index is 2600. The number of aromatic nitrogens is 1. The number of para-hydroxylation sites is 1. The lowest BCUT2D eigenvalue weighted by atomic mass is 9.83. The molecule has 0 amide bonds. The molecule has 2 heteroatoms. The van der Waals surface area contributed by atoms with Crippen molar-refractivity contribution in [3.63, 3.8) is 0 Å². The molecule has 53 heavy (non-hydrogen) atoms. The van der Waals surface area contributed by atoms with Crippen LogP contribution < -0.4 is 4.90 Å². The average Bonchev–Trinajstić information content (AvgIpc) is 3.92. The second-order valence-electron chi connectivity index (χ2n) is 16.6. The van der Waals surface area contributed by atoms with Crippen molar-refractivity contribution in [2.24, 2.45) is 11.8 Å². The maximum absolute atomic E-state index is 2.52. The van der Waals surface area contributed by atoms with Crippen LogP contribution in [0.4, 0.5) is 17.1 Å². The van der Waals surface area contributed by atoms with Gasteiger partial charge in [0.2, 0.25) is 0 Å². The number of anilines is 3. The van der Waals surface area contributed by atoms with E-state index in [-0.39, 0.29) is 5.54 Å². The lowest BCUT2D eigenvalue weighted by Gasteiger charge is -2.28. The molecule has 0 radical (unpaired) electrons. The molecular formula is C51H46N2. The fraction of sp³-hybridized carbons (Fsp3) is 0.216. The number of hydrogen-bond donors (Lipinski definition) is 0. The lowest BCUT2D eigenvalue weighted by Crippen LogP contribution is -2.21. The highest BCUT2D eigenvalue weighted by molar-refractivity contribution is 6.09. The van der Waals surface area contributed by atoms with Crippen LogP contribution in [0.1, 0.15) is 57.9 Å². The normalized spacial score (nSPS) is 18.4. The molecule has 0 aliphatic heterocycles. The molecule has 260 valence electrons. The predicted molar refractivity (Wildman–Crippen MR) is 226 cm³/mol. The van der Waals surface area contributed by atoms with Crippen LogP contribution in [-0.4, -0.2) is 4.57 Å². The molecule has 2 nitrogen and oxygen atoms in total. The molecule has 10 rings (SSSR count). The van der Waals surface area contributed by atoms with Gasteiger partial charge in [-0.05, 0) is 139 Å². The predicted octanol–water partition coefficient (Wildman–Crippen LogP) is 14.4. The number of rotatable bonds is 6. The van der Waals surface area contributed by atoms with E-state index in [0.29, 0.717) is 0 Å². The summed E-state index contributed by atoms with van der Waals surface area (Å²) in [5.41, 5.74) is 12.5. The zero-order valence-electron chi connectivity index (χ0n) is 31.0. The van der Waals surface area contributed by atoms with E-state index in [4.69, 9.17) is 0 Å². The van der Waals surface area contributed by atoms with Gasteiger partial charge in [-0.15, -0.1) is 0 Å². The van der Waals surface area contributed by atoms with Crippen molar-refractivity contribution in [2.45, 2.75) is 57.9 Å². The second kappa shape index (κ2) is 12.5. The fourth-order valence-corrected chi connectivity index (χ4v) is 10.0. The molecule has 3 unspecified atom stereocenters. The van der Waals surface area contributed by atoms with Gasteiger partial charge < -0.3 is 9.47 Å². The van der Waals surface area contributed by atoms with Gasteiger partial charge in [-0.2, -0.15) is 0 Å². The van der Waals surface area contributed by atoms with Gasteiger partial charge in [0.05, 0.1) is 5.52 Å². The third-order valence-electron chi connectivity index (χ3n) is 12.3. The van der Waals surface area contributed by atoms with Crippen molar-refractivity contribution in [2.75, 3.05) is 4.90 Å². The summed E-state index contributed by atoms with van der Waals surface area (Å²) in [5.74, 6) is 2.52. The van der Waals surface area contributed by atoms with Crippen molar-refractivity contribution < 1.29 is 0 Å². The summed E-state index contributed by atoms with van der Waals surface area (Å²) in [6.45, 7) is 6.94. The molecule has 0 saturated heterocycles. The van der Waals surface area contributed by atoms with Gasteiger partial charge in [0.25, 0.3) is 0 Å². The van der Waals surface area contributed by atoms with Crippen LogP contribution in [0, 0.1) is 11.8 Å². The third-order valence-corrected chi connectivity index (χ3v) is 12.3. The molecule has 2 saturated carbocycles. The first kappa shape index (κ1) is 32.1. The summed E-state index contributed by atoms with van der Waals surface area (Å²) < 4.78 is 2.52. The van der Waals surface area contributed by atoms with E-state index in [1.165, 1.54) is 97.5 Å². The van der Waals surface area contributed by atoms with E-state index in [0.717, 1.165) is 23.4 Å². The Morgan fingerprint density at radius 2 is 1.19 bits per heavy atom. The Hall–Kier alpha value is -5.60. The van der Waals surface area contributed by atoms with Crippen molar-refractivity contribution in [3.8, 4) is 22.3 Å². The Morgan fingerprint density at radius 3 is 1.91 bits per heavy atom. The van der Waals surface area contributed by atoms with Crippen LogP contribution in [0.15, 0.2) is 158 Å². The molecule has 1 aromatic heterocycles. The van der Waals surface area contributed by atoms with Crippen LogP contribution in [0.5, 0.6) is 0 Å². The highest BCUT2D eigenvalue weighted by Crippen LogP contribution is 2.53. The van der Waals surface area contributed by atoms with E-state index in [1.807, 2.05) is 0 Å². The van der Waals surface area contributed by atoms with Gasteiger partial charge in [0, 0.05) is 38.9 Å². The number of fused-ring (bicyclic) bond motifs is 6. The van der Waals surface area contributed by atoms with Crippen LogP contribution in [0.2, 0.25) is 0 Å². The first-order valence-corrected chi connectivity index (χ1v) is 19.5. The van der Waals surface area contributed by atoms with Gasteiger partial charge in [-0.1, -0.05) is 122 Å². The summed E-state index contributed by atoms with van der Waals surface area (Å²) in [6, 6.07) is 58.9. The molecule has 1 heterocycles. The van der Waals surface area contributed by atoms with Crippen molar-refractivity contribution in [1.82, 2.24) is 4.57 Å². The average molecular weight is 687 g/mol. The minimum atomic E-state index is -0.0783. The maximum Gasteiger partial charge on any atom is 0.0517 e. The summed E-state index contributed by atoms with van der Waals surface area (Å²) in [6.07, 6.45) is 5.63. The van der Waals surface area contributed by atoms with E-state index < -0.39 is 0 Å². The molecule has 2 aliphatic carbocycles. The van der Waals surface area contributed by atoms with E-state index in [2.05, 4.69) is 188 Å². The van der Waals surface area contributed by atoms with E-state index in [9.17, 15) is 0 Å². The molecule has 2 aliphatic rings. The highest BCUT2D eigenvalue weighted by Gasteiger charge is 2.40. The molecule has 0 N–H and O–H groups in total. The van der Waals surface area contributed by atoms with Gasteiger partial charge in [0.1, 0.15) is 0 Å². The van der Waals surface area contributed by atoms with Crippen LogP contribution in [-0.2, 0) is 5.54 Å². The minimum absolute atomic E-state index is 0.0783. The van der Waals surface area contributed by atoms with E-state index >= 15 is 0 Å². The Morgan fingerprint density at radius 1 is 0.528 bits per heavy atom. The first-order valence-electron chi connectivity index (χ1n) is 19.5. The molecule has 8 aromatic rings. The SMILES string of the molecule is CC(C)(C)n1c2ccccc2c2ccc(N(c3ccc(-c4ccc5ccccc5c4-c4ccccc4)cc3)c3ccc(C4CC5CCC4C5)cc3)cc21. The van der Waals surface area contributed by atoms with Crippen LogP contribution in [0.25, 0.3) is 54.8 Å². The summed E-state index contributed by atoms with van der Waals surface area (Å²) >= 11 is 0. The molecule has 0 spiro atoms. The third kappa shape index (κ3) is 5.46. The topological polar surface area (TPSA) is 8.17 Å². The van der Waals surface area contributed by atoms with Gasteiger partial charge in [-0.25, -0.2) is 0 Å². The standard InChI is InChI=1S/C51H46N2/c1-51(2,3)53-48-16-10-9-15-45(48)46-30-28-42(33-49(46)53)52(41-26-21-37(22-27-41)47-32-34-17-18-39(47)31-34)40-24-19-36(20-25-40)44-29-23-35-11-7-8-14-43(35)50(44)38-12-5-4-6-13-38/h4-16,19-30,33-34,39,47H,17-18,31-32H2,1-3H3. The lowest BCUT2D eigenvalue weighted by molar-refractivity contribution is 0.420. The first-order chi connectivity index (χ1) is 25.9. The van der Waals surface area contributed by atoms with Crippen LogP contribution in [0.3, 0.4) is 0 Å². The van der Waals surface area contributed by atoms with Gasteiger partial charge >= 0.3 is 0 Å². The number of benzene rings is 7. The molecular weight excluding hydrogens is 641 g/mol. The van der Waals surface area contributed by atoms with Crippen molar-refractivity contribution >= 4 is 49.6 Å². The summed E-state index contributed by atoms with van der Waals surface area (Å²) in [4.78, 5) is 2.46. The van der Waals surface area contributed by atoms with Gasteiger partial charge in [0.15, 0.2) is 0 Å². The Kier molecular flexibility index (Phi) is 7.58. The molecule has 2 fully saturated rings. The Balaban J connectivity index is 1.11. The highest BCUT2D eigenvalue weighted by atomic mass is 15.1. The number of nitrogens with zero attached hydrogens (tertiary/aromatic N) is 2. The van der Waals surface area contributed by atoms with Crippen molar-refractivity contribution in [1.29, 1.82) is 0 Å². The zero-order chi connectivity index (χ0) is 35.7. The Labute approximate surface area is 313 Å². The van der Waals surface area contributed by atoms with Crippen LogP contribution >= 0.6 is 0 Å². The maximum atomic E-state index is 2.52. The number of hydrogen-bond acceptors (Lipinski definition) is 1. The molecule has 3 atom stereocenters. The zero-order valence-corrected chi connectivity index (χ0v) is 31.0. The monoisotopic (exact) mass is 686 g/mol. The largest absolute Gasteiger partial charge is 0.335 e. The summed E-state index contributed by atoms with van der Waals surface area (Å²) in [5, 5.41) is 5.14. The smallest absolute Gasteiger partial charge is 0.0517 e. The second-order valence-corrected chi connectivity index (χ2v) is 16.6. The quantitative estimate of drug-likeness (QED) is 0.169. The molecule has 7 aromatic carbocycles. The van der Waals surface area contributed by atoms with Crippen molar-refractivity contribution in [3.05, 3.63) is 163 Å². The summed E-state index contributed by atoms with van der Waals surface area (Å²) in [7, 11) is 0. The fourth-order valence-electron chi connectivity index (χ4n) is 10.0. The molecule has 2 bridgehead atoms. The van der Waals surface area contributed by atoms with Gasteiger partial charge in [-0.3, -0.25) is 0 Å². The van der Waals surface area contributed by atoms with E-state index in [1.54, 1.807) is 0 Å².